The zero-order valence-electron chi connectivity index (χ0n) is 19.0. The van der Waals surface area contributed by atoms with Gasteiger partial charge in [0.2, 0.25) is 0 Å². The molecule has 0 amide bonds. The molecule has 4 rings (SSSR count). The SMILES string of the molecule is CC(=O)c1cn(CCCN2CCN(C(C)c3ccccc3)CC2)c2cccc(OC=N)c12. The predicted molar refractivity (Wildman–Crippen MR) is 129 cm³/mol. The first kappa shape index (κ1) is 22.2. The van der Waals surface area contributed by atoms with Gasteiger partial charge >= 0.3 is 0 Å². The number of ether oxygens (including phenoxy) is 1. The van der Waals surface area contributed by atoms with Crippen LogP contribution in [0.1, 0.15) is 42.2 Å². The minimum atomic E-state index is 0.0124. The van der Waals surface area contributed by atoms with Crippen molar-refractivity contribution in [2.45, 2.75) is 32.9 Å². The van der Waals surface area contributed by atoms with E-state index in [1.54, 1.807) is 13.0 Å². The number of hydrogen-bond acceptors (Lipinski definition) is 5. The van der Waals surface area contributed by atoms with Gasteiger partial charge in [-0.2, -0.15) is 0 Å². The van der Waals surface area contributed by atoms with Crippen molar-refractivity contribution in [2.75, 3.05) is 32.7 Å². The van der Waals surface area contributed by atoms with E-state index in [0.29, 0.717) is 17.4 Å². The molecular weight excluding hydrogens is 400 g/mol. The predicted octanol–water partition coefficient (Wildman–Crippen LogP) is 4.60. The molecule has 168 valence electrons. The Hall–Kier alpha value is -2.96. The summed E-state index contributed by atoms with van der Waals surface area (Å²) in [5.41, 5.74) is 3.02. The molecule has 3 aromatic rings. The van der Waals surface area contributed by atoms with E-state index in [1.807, 2.05) is 18.3 Å². The van der Waals surface area contributed by atoms with Gasteiger partial charge in [0.05, 0.1) is 10.9 Å². The molecule has 6 nitrogen and oxygen atoms in total. The van der Waals surface area contributed by atoms with Crippen LogP contribution in [0.15, 0.2) is 54.7 Å². The molecular formula is C26H32N4O2. The lowest BCUT2D eigenvalue weighted by Gasteiger charge is -2.38. The third-order valence-corrected chi connectivity index (χ3v) is 6.54. The number of Topliss-reactive ketones (excluding diaryl/α,β-unsaturated/α-hetero) is 1. The lowest BCUT2D eigenvalue weighted by Crippen LogP contribution is -2.47. The number of carbonyl (C=O) groups excluding carboxylic acids is 1. The number of aryl methyl sites for hydroxylation is 1. The van der Waals surface area contributed by atoms with E-state index in [9.17, 15) is 4.79 Å². The summed E-state index contributed by atoms with van der Waals surface area (Å²) in [6.45, 7) is 10.1. The number of fused-ring (bicyclic) bond motifs is 1. The van der Waals surface area contributed by atoms with E-state index in [2.05, 4.69) is 51.6 Å². The number of ketones is 1. The normalized spacial score (nSPS) is 16.2. The van der Waals surface area contributed by atoms with Gasteiger partial charge in [0.25, 0.3) is 0 Å². The van der Waals surface area contributed by atoms with Crippen LogP contribution in [-0.2, 0) is 6.54 Å². The van der Waals surface area contributed by atoms with Gasteiger partial charge < -0.3 is 14.2 Å². The summed E-state index contributed by atoms with van der Waals surface area (Å²) in [4.78, 5) is 17.3. The van der Waals surface area contributed by atoms with Gasteiger partial charge in [0.1, 0.15) is 5.75 Å². The molecule has 1 saturated heterocycles. The molecule has 32 heavy (non-hydrogen) atoms. The highest BCUT2D eigenvalue weighted by molar-refractivity contribution is 6.09. The van der Waals surface area contributed by atoms with E-state index in [0.717, 1.165) is 63.0 Å². The van der Waals surface area contributed by atoms with Gasteiger partial charge in [0.15, 0.2) is 12.2 Å². The molecule has 1 fully saturated rings. The first-order chi connectivity index (χ1) is 15.6. The second kappa shape index (κ2) is 10.1. The Morgan fingerprint density at radius 3 is 2.50 bits per heavy atom. The Balaban J connectivity index is 1.35. The second-order valence-corrected chi connectivity index (χ2v) is 8.50. The third-order valence-electron chi connectivity index (χ3n) is 6.54. The first-order valence-corrected chi connectivity index (χ1v) is 11.4. The highest BCUT2D eigenvalue weighted by atomic mass is 16.5. The Morgan fingerprint density at radius 1 is 1.06 bits per heavy atom. The number of rotatable bonds is 9. The Bertz CT molecular complexity index is 1070. The van der Waals surface area contributed by atoms with Gasteiger partial charge in [-0.05, 0) is 44.5 Å². The van der Waals surface area contributed by atoms with Crippen molar-refractivity contribution in [1.29, 1.82) is 5.41 Å². The summed E-state index contributed by atoms with van der Waals surface area (Å²) in [7, 11) is 0. The summed E-state index contributed by atoms with van der Waals surface area (Å²) in [6.07, 6.45) is 3.86. The smallest absolute Gasteiger partial charge is 0.173 e. The maximum Gasteiger partial charge on any atom is 0.173 e. The van der Waals surface area contributed by atoms with E-state index in [4.69, 9.17) is 10.1 Å². The van der Waals surface area contributed by atoms with Crippen molar-refractivity contribution in [1.82, 2.24) is 14.4 Å². The molecule has 0 radical (unpaired) electrons. The van der Waals surface area contributed by atoms with Crippen molar-refractivity contribution < 1.29 is 9.53 Å². The number of carbonyl (C=O) groups is 1. The topological polar surface area (TPSA) is 61.6 Å². The molecule has 2 aromatic carbocycles. The molecule has 1 aliphatic rings. The molecule has 6 heteroatoms. The number of nitrogens with zero attached hydrogens (tertiary/aromatic N) is 3. The average Bonchev–Trinajstić information content (AvgIpc) is 3.20. The maximum absolute atomic E-state index is 12.2. The lowest BCUT2D eigenvalue weighted by molar-refractivity contribution is 0.101. The van der Waals surface area contributed by atoms with Crippen LogP contribution in [-0.4, -0.2) is 59.3 Å². The van der Waals surface area contributed by atoms with Crippen LogP contribution >= 0.6 is 0 Å². The Labute approximate surface area is 189 Å². The van der Waals surface area contributed by atoms with Crippen LogP contribution in [0.3, 0.4) is 0 Å². The number of hydrogen-bond donors (Lipinski definition) is 1. The largest absolute Gasteiger partial charge is 0.446 e. The van der Waals surface area contributed by atoms with Crippen molar-refractivity contribution in [3.05, 3.63) is 65.9 Å². The molecule has 1 unspecified atom stereocenters. The maximum atomic E-state index is 12.2. The zero-order chi connectivity index (χ0) is 22.5. The second-order valence-electron chi connectivity index (χ2n) is 8.50. The van der Waals surface area contributed by atoms with Crippen LogP contribution in [0.25, 0.3) is 10.9 Å². The molecule has 1 aliphatic heterocycles. The van der Waals surface area contributed by atoms with Crippen LogP contribution < -0.4 is 4.74 Å². The number of nitrogens with one attached hydrogen (secondary N) is 1. The summed E-state index contributed by atoms with van der Waals surface area (Å²) < 4.78 is 7.50. The summed E-state index contributed by atoms with van der Waals surface area (Å²) in [5.74, 6) is 0.573. The summed E-state index contributed by atoms with van der Waals surface area (Å²) >= 11 is 0. The summed E-state index contributed by atoms with van der Waals surface area (Å²) in [6, 6.07) is 16.9. The van der Waals surface area contributed by atoms with Crippen molar-refractivity contribution >= 4 is 23.1 Å². The van der Waals surface area contributed by atoms with Gasteiger partial charge in [-0.1, -0.05) is 36.4 Å². The van der Waals surface area contributed by atoms with Crippen LogP contribution in [0, 0.1) is 5.41 Å². The average molecular weight is 433 g/mol. The standard InChI is InChI=1S/C26H32N4O2/c1-20(22-8-4-3-5-9-22)29-16-14-28(15-17-29)12-7-13-30-18-23(21(2)31)26-24(30)10-6-11-25(26)32-19-27/h3-6,8-11,18-20,27H,7,12-17H2,1-2H3. The monoisotopic (exact) mass is 432 g/mol. The number of benzene rings is 2. The molecule has 0 spiro atoms. The van der Waals surface area contributed by atoms with Crippen LogP contribution in [0.4, 0.5) is 0 Å². The number of piperazine rings is 1. The van der Waals surface area contributed by atoms with Crippen molar-refractivity contribution in [3.8, 4) is 5.75 Å². The van der Waals surface area contributed by atoms with Gasteiger partial charge in [-0.3, -0.25) is 15.1 Å². The van der Waals surface area contributed by atoms with Crippen molar-refractivity contribution in [2.24, 2.45) is 0 Å². The molecule has 0 bridgehead atoms. The van der Waals surface area contributed by atoms with Gasteiger partial charge in [-0.15, -0.1) is 0 Å². The Morgan fingerprint density at radius 2 is 1.81 bits per heavy atom. The van der Waals surface area contributed by atoms with Gasteiger partial charge in [-0.25, -0.2) is 0 Å². The Kier molecular flexibility index (Phi) is 7.02. The summed E-state index contributed by atoms with van der Waals surface area (Å²) in [5, 5.41) is 8.06. The fourth-order valence-electron chi connectivity index (χ4n) is 4.71. The lowest BCUT2D eigenvalue weighted by atomic mass is 10.1. The molecule has 1 aromatic heterocycles. The highest BCUT2D eigenvalue weighted by Gasteiger charge is 2.22. The van der Waals surface area contributed by atoms with E-state index >= 15 is 0 Å². The van der Waals surface area contributed by atoms with E-state index < -0.39 is 0 Å². The zero-order valence-corrected chi connectivity index (χ0v) is 19.0. The molecule has 0 aliphatic carbocycles. The molecule has 2 heterocycles. The van der Waals surface area contributed by atoms with Crippen LogP contribution in [0.2, 0.25) is 0 Å². The fraction of sp³-hybridized carbons (Fsp3) is 0.385. The molecule has 0 saturated carbocycles. The first-order valence-electron chi connectivity index (χ1n) is 11.4. The third kappa shape index (κ3) is 4.76. The van der Waals surface area contributed by atoms with Gasteiger partial charge in [0, 0.05) is 50.5 Å². The minimum Gasteiger partial charge on any atom is -0.446 e. The molecule has 1 atom stereocenters. The fourth-order valence-corrected chi connectivity index (χ4v) is 4.71. The minimum absolute atomic E-state index is 0.0124. The van der Waals surface area contributed by atoms with E-state index in [1.165, 1.54) is 5.56 Å². The van der Waals surface area contributed by atoms with E-state index in [-0.39, 0.29) is 5.78 Å². The number of aromatic nitrogens is 1. The highest BCUT2D eigenvalue weighted by Crippen LogP contribution is 2.31. The van der Waals surface area contributed by atoms with Crippen LogP contribution in [0.5, 0.6) is 5.75 Å². The van der Waals surface area contributed by atoms with Crippen molar-refractivity contribution in [3.63, 3.8) is 0 Å². The quantitative estimate of drug-likeness (QED) is 0.305. The molecule has 1 N–H and O–H groups in total.